The molecule has 10 heteroatoms. The van der Waals surface area contributed by atoms with E-state index in [0.717, 1.165) is 11.3 Å². The summed E-state index contributed by atoms with van der Waals surface area (Å²) >= 11 is 0. The van der Waals surface area contributed by atoms with E-state index in [0.29, 0.717) is 17.8 Å². The molecule has 3 N–H and O–H groups in total. The van der Waals surface area contributed by atoms with Crippen molar-refractivity contribution in [3.63, 3.8) is 0 Å². The van der Waals surface area contributed by atoms with E-state index in [1.165, 1.54) is 12.1 Å². The minimum Gasteiger partial charge on any atom is -0.236 e. The normalized spacial score (nSPS) is 12.2. The van der Waals surface area contributed by atoms with Gasteiger partial charge in [-0.1, -0.05) is 30.3 Å². The third-order valence-corrected chi connectivity index (χ3v) is 7.09. The average molecular weight is 435 g/mol. The van der Waals surface area contributed by atoms with Gasteiger partial charge in [0.05, 0.1) is 22.0 Å². The molecule has 1 aromatic heterocycles. The van der Waals surface area contributed by atoms with Crippen LogP contribution in [0.1, 0.15) is 17.0 Å². The fourth-order valence-electron chi connectivity index (χ4n) is 3.09. The first-order valence-corrected chi connectivity index (χ1v) is 11.9. The highest BCUT2D eigenvalue weighted by atomic mass is 32.2. The van der Waals surface area contributed by atoms with Crippen LogP contribution in [0.25, 0.3) is 5.69 Å². The first kappa shape index (κ1) is 21.2. The molecule has 0 fully saturated rings. The number of nitrogens with one attached hydrogen (secondary N) is 1. The van der Waals surface area contributed by atoms with E-state index in [4.69, 9.17) is 5.14 Å². The summed E-state index contributed by atoms with van der Waals surface area (Å²) in [4.78, 5) is 0.173. The van der Waals surface area contributed by atoms with E-state index in [1.807, 2.05) is 30.3 Å². The number of benzene rings is 2. The number of aromatic nitrogens is 2. The van der Waals surface area contributed by atoms with Gasteiger partial charge in [0, 0.05) is 6.54 Å². The van der Waals surface area contributed by atoms with E-state index in [2.05, 4.69) is 9.82 Å². The summed E-state index contributed by atoms with van der Waals surface area (Å²) in [5.41, 5.74) is 2.51. The van der Waals surface area contributed by atoms with Crippen LogP contribution in [-0.2, 0) is 26.5 Å². The van der Waals surface area contributed by atoms with Crippen molar-refractivity contribution in [2.75, 3.05) is 6.54 Å². The van der Waals surface area contributed by atoms with Crippen molar-refractivity contribution in [3.8, 4) is 5.69 Å². The number of hydrogen-bond donors (Lipinski definition) is 2. The number of nitrogens with zero attached hydrogens (tertiary/aromatic N) is 2. The molecule has 3 rings (SSSR count). The number of aryl methyl sites for hydroxylation is 1. The molecular formula is C19H22N4O4S2. The van der Waals surface area contributed by atoms with Crippen molar-refractivity contribution in [2.45, 2.75) is 30.1 Å². The van der Waals surface area contributed by atoms with E-state index in [1.54, 1.807) is 30.7 Å². The molecule has 0 radical (unpaired) electrons. The highest BCUT2D eigenvalue weighted by molar-refractivity contribution is 7.89. The van der Waals surface area contributed by atoms with Crippen LogP contribution in [-0.4, -0.2) is 33.2 Å². The van der Waals surface area contributed by atoms with E-state index >= 15 is 0 Å². The van der Waals surface area contributed by atoms with Gasteiger partial charge in [0.2, 0.25) is 20.0 Å². The molecule has 0 saturated carbocycles. The third kappa shape index (κ3) is 4.73. The summed E-state index contributed by atoms with van der Waals surface area (Å²) < 4.78 is 52.5. The lowest BCUT2D eigenvalue weighted by atomic mass is 10.2. The Balaban J connectivity index is 1.74. The Morgan fingerprint density at radius 1 is 0.966 bits per heavy atom. The van der Waals surface area contributed by atoms with Gasteiger partial charge in [-0.15, -0.1) is 0 Å². The topological polar surface area (TPSA) is 124 Å². The molecule has 0 atom stereocenters. The second-order valence-corrected chi connectivity index (χ2v) is 9.85. The maximum absolute atomic E-state index is 12.8. The first-order valence-electron chi connectivity index (χ1n) is 8.82. The lowest BCUT2D eigenvalue weighted by Gasteiger charge is -2.08. The fourth-order valence-corrected chi connectivity index (χ4v) is 5.02. The zero-order valence-electron chi connectivity index (χ0n) is 16.0. The molecular weight excluding hydrogens is 412 g/mol. The van der Waals surface area contributed by atoms with Crippen molar-refractivity contribution in [1.82, 2.24) is 14.5 Å². The number of sulfonamides is 2. The van der Waals surface area contributed by atoms with Gasteiger partial charge in [-0.3, -0.25) is 0 Å². The second kappa shape index (κ2) is 8.07. The van der Waals surface area contributed by atoms with Crippen LogP contribution in [0.4, 0.5) is 0 Å². The van der Waals surface area contributed by atoms with Gasteiger partial charge in [-0.2, -0.15) is 5.10 Å². The van der Waals surface area contributed by atoms with Gasteiger partial charge >= 0.3 is 0 Å². The molecule has 0 unspecified atom stereocenters. The number of nitrogens with two attached hydrogens (primary N) is 1. The largest absolute Gasteiger partial charge is 0.244 e. The molecule has 29 heavy (non-hydrogen) atoms. The summed E-state index contributed by atoms with van der Waals surface area (Å²) in [7, 11) is -7.51. The highest BCUT2D eigenvalue weighted by Gasteiger charge is 2.24. The number of para-hydroxylation sites is 1. The molecule has 0 bridgehead atoms. The number of hydrogen-bond acceptors (Lipinski definition) is 5. The summed E-state index contributed by atoms with van der Waals surface area (Å²) in [6.45, 7) is 3.53. The van der Waals surface area contributed by atoms with Gasteiger partial charge in [0.1, 0.15) is 4.90 Å². The lowest BCUT2D eigenvalue weighted by Crippen LogP contribution is -2.27. The van der Waals surface area contributed by atoms with E-state index < -0.39 is 20.0 Å². The molecule has 0 aliphatic rings. The van der Waals surface area contributed by atoms with Crippen LogP contribution in [0.3, 0.4) is 0 Å². The number of rotatable bonds is 7. The molecule has 0 aliphatic heterocycles. The Bertz CT molecular complexity index is 1220. The summed E-state index contributed by atoms with van der Waals surface area (Å²) in [6, 6.07) is 15.3. The van der Waals surface area contributed by atoms with Crippen LogP contribution in [0.2, 0.25) is 0 Å². The maximum atomic E-state index is 12.8. The van der Waals surface area contributed by atoms with Crippen LogP contribution in [0.5, 0.6) is 0 Å². The lowest BCUT2D eigenvalue weighted by molar-refractivity contribution is 0.580. The Labute approximate surface area is 170 Å². The fraction of sp³-hybridized carbons (Fsp3) is 0.211. The van der Waals surface area contributed by atoms with Crippen LogP contribution < -0.4 is 9.86 Å². The predicted molar refractivity (Wildman–Crippen MR) is 110 cm³/mol. The summed E-state index contributed by atoms with van der Waals surface area (Å²) in [6.07, 6.45) is 0.398. The Morgan fingerprint density at radius 3 is 2.17 bits per heavy atom. The van der Waals surface area contributed by atoms with E-state index in [-0.39, 0.29) is 16.3 Å². The zero-order chi connectivity index (χ0) is 21.2. The molecule has 0 amide bonds. The molecule has 2 aromatic carbocycles. The smallest absolute Gasteiger partial charge is 0.236 e. The highest BCUT2D eigenvalue weighted by Crippen LogP contribution is 2.22. The number of primary sulfonamides is 1. The quantitative estimate of drug-likeness (QED) is 0.585. The average Bonchev–Trinajstić information content (AvgIpc) is 2.97. The predicted octanol–water partition coefficient (Wildman–Crippen LogP) is 1.66. The molecule has 0 spiro atoms. The van der Waals surface area contributed by atoms with Crippen LogP contribution in [0, 0.1) is 13.8 Å². The summed E-state index contributed by atoms with van der Waals surface area (Å²) in [5.74, 6) is 0. The third-order valence-electron chi connectivity index (χ3n) is 4.45. The van der Waals surface area contributed by atoms with Crippen molar-refractivity contribution < 1.29 is 16.8 Å². The van der Waals surface area contributed by atoms with E-state index in [9.17, 15) is 16.8 Å². The van der Waals surface area contributed by atoms with Gasteiger partial charge in [0.15, 0.2) is 0 Å². The molecule has 1 heterocycles. The molecule has 0 saturated heterocycles. The standard InChI is InChI=1S/C19H22N4O4S2/c1-14-19(15(2)23(22-14)17-6-4-3-5-7-17)29(26,27)21-13-12-16-8-10-18(11-9-16)28(20,24)25/h3-11,21H,12-13H2,1-2H3,(H2,20,24,25). The van der Waals surface area contributed by atoms with Gasteiger partial charge in [-0.05, 0) is 50.1 Å². The minimum atomic E-state index is -3.76. The van der Waals surface area contributed by atoms with Gasteiger partial charge in [-0.25, -0.2) is 31.4 Å². The van der Waals surface area contributed by atoms with Crippen molar-refractivity contribution >= 4 is 20.0 Å². The monoisotopic (exact) mass is 434 g/mol. The maximum Gasteiger partial charge on any atom is 0.244 e. The van der Waals surface area contributed by atoms with Crippen LogP contribution in [0.15, 0.2) is 64.4 Å². The Hall–Kier alpha value is -2.53. The second-order valence-electron chi connectivity index (χ2n) is 6.58. The molecule has 3 aromatic rings. The van der Waals surface area contributed by atoms with Crippen molar-refractivity contribution in [3.05, 3.63) is 71.5 Å². The molecule has 0 aliphatic carbocycles. The summed E-state index contributed by atoms with van der Waals surface area (Å²) in [5, 5.41) is 9.45. The SMILES string of the molecule is Cc1nn(-c2ccccc2)c(C)c1S(=O)(=O)NCCc1ccc(S(N)(=O)=O)cc1. The zero-order valence-corrected chi connectivity index (χ0v) is 17.7. The van der Waals surface area contributed by atoms with Crippen molar-refractivity contribution in [2.24, 2.45) is 5.14 Å². The first-order chi connectivity index (χ1) is 13.6. The Kier molecular flexibility index (Phi) is 5.90. The van der Waals surface area contributed by atoms with Crippen LogP contribution >= 0.6 is 0 Å². The minimum absolute atomic E-state index is 0.0152. The van der Waals surface area contributed by atoms with Gasteiger partial charge < -0.3 is 0 Å². The molecule has 8 nitrogen and oxygen atoms in total. The van der Waals surface area contributed by atoms with Crippen molar-refractivity contribution in [1.29, 1.82) is 0 Å². The molecule has 154 valence electrons. The van der Waals surface area contributed by atoms with Gasteiger partial charge in [0.25, 0.3) is 0 Å². The Morgan fingerprint density at radius 2 is 1.59 bits per heavy atom.